The Morgan fingerprint density at radius 1 is 1.08 bits per heavy atom. The number of carbonyl (C=O) groups is 3. The number of phenols is 1. The zero-order valence-corrected chi connectivity index (χ0v) is 14.6. The van der Waals surface area contributed by atoms with Gasteiger partial charge in [-0.3, -0.25) is 14.4 Å². The molecule has 4 rings (SSSR count). The molecule has 2 aromatic rings. The first-order valence-electron chi connectivity index (χ1n) is 7.91. The summed E-state index contributed by atoms with van der Waals surface area (Å²) in [5.41, 5.74) is 1.90. The third-order valence-corrected chi connectivity index (χ3v) is 5.32. The predicted molar refractivity (Wildman–Crippen MR) is 99.3 cm³/mol. The molecule has 2 aromatic carbocycles. The van der Waals surface area contributed by atoms with Crippen LogP contribution < -0.4 is 9.80 Å². The molecule has 0 aromatic heterocycles. The van der Waals surface area contributed by atoms with Crippen molar-refractivity contribution in [3.63, 3.8) is 0 Å². The Balaban J connectivity index is 1.70. The standard InChI is InChI=1S/C19H14N2O4S/c1-20-15-8-3-2-7-13(15)14(17(20)23)10-16-18(24)21(19(25)26-16)11-5-4-6-12(22)9-11/h2-10,14,22H,1H3/b16-10-/t14-/m1/s1. The van der Waals surface area contributed by atoms with E-state index in [-0.39, 0.29) is 16.6 Å². The van der Waals surface area contributed by atoms with Crippen LogP contribution in [0.3, 0.4) is 0 Å². The van der Waals surface area contributed by atoms with Crippen molar-refractivity contribution in [3.8, 4) is 5.75 Å². The Morgan fingerprint density at radius 3 is 2.62 bits per heavy atom. The fourth-order valence-corrected chi connectivity index (χ4v) is 4.02. The molecular formula is C19H14N2O4S. The fraction of sp³-hybridized carbons (Fsp3) is 0.105. The highest BCUT2D eigenvalue weighted by Crippen LogP contribution is 2.41. The first-order valence-corrected chi connectivity index (χ1v) is 8.72. The molecule has 1 N–H and O–H groups in total. The van der Waals surface area contributed by atoms with Gasteiger partial charge in [-0.25, -0.2) is 4.90 Å². The fourth-order valence-electron chi connectivity index (χ4n) is 3.17. The predicted octanol–water partition coefficient (Wildman–Crippen LogP) is 3.24. The largest absolute Gasteiger partial charge is 0.508 e. The number of fused-ring (bicyclic) bond motifs is 1. The van der Waals surface area contributed by atoms with Crippen molar-refractivity contribution in [3.05, 3.63) is 65.1 Å². The quantitative estimate of drug-likeness (QED) is 0.826. The maximum absolute atomic E-state index is 12.7. The average Bonchev–Trinajstić information content (AvgIpc) is 3.04. The van der Waals surface area contributed by atoms with Crippen LogP contribution in [0.4, 0.5) is 16.2 Å². The van der Waals surface area contributed by atoms with Crippen LogP contribution >= 0.6 is 11.8 Å². The number of benzene rings is 2. The van der Waals surface area contributed by atoms with Crippen LogP contribution in [0.1, 0.15) is 11.5 Å². The van der Waals surface area contributed by atoms with E-state index in [9.17, 15) is 19.5 Å². The van der Waals surface area contributed by atoms with Gasteiger partial charge in [0.05, 0.1) is 16.5 Å². The van der Waals surface area contributed by atoms with Crippen LogP contribution in [0.5, 0.6) is 5.75 Å². The highest BCUT2D eigenvalue weighted by atomic mass is 32.2. The molecule has 0 radical (unpaired) electrons. The number of thioether (sulfide) groups is 1. The number of phenolic OH excluding ortho intramolecular Hbond substituents is 1. The summed E-state index contributed by atoms with van der Waals surface area (Å²) in [4.78, 5) is 40.4. The van der Waals surface area contributed by atoms with Crippen LogP contribution in [0.25, 0.3) is 0 Å². The molecule has 2 aliphatic heterocycles. The SMILES string of the molecule is CN1C(=O)[C@H](/C=C2\SC(=O)N(c3cccc(O)c3)C2=O)c2ccccc21. The van der Waals surface area contributed by atoms with E-state index in [1.165, 1.54) is 12.1 Å². The van der Waals surface area contributed by atoms with Crippen LogP contribution in [0, 0.1) is 0 Å². The van der Waals surface area contributed by atoms with E-state index in [1.807, 2.05) is 24.3 Å². The molecular weight excluding hydrogens is 352 g/mol. The Bertz CT molecular complexity index is 985. The number of imide groups is 1. The molecule has 0 spiro atoms. The first-order chi connectivity index (χ1) is 12.5. The molecule has 130 valence electrons. The van der Waals surface area contributed by atoms with E-state index in [0.29, 0.717) is 5.69 Å². The molecule has 7 heteroatoms. The van der Waals surface area contributed by atoms with Crippen molar-refractivity contribution >= 4 is 40.2 Å². The smallest absolute Gasteiger partial charge is 0.298 e. The van der Waals surface area contributed by atoms with Crippen molar-refractivity contribution < 1.29 is 19.5 Å². The van der Waals surface area contributed by atoms with Gasteiger partial charge in [-0.1, -0.05) is 24.3 Å². The van der Waals surface area contributed by atoms with Gasteiger partial charge < -0.3 is 10.0 Å². The number of hydrogen-bond donors (Lipinski definition) is 1. The Morgan fingerprint density at radius 2 is 1.85 bits per heavy atom. The van der Waals surface area contributed by atoms with E-state index in [4.69, 9.17) is 0 Å². The van der Waals surface area contributed by atoms with Crippen molar-refractivity contribution in [1.82, 2.24) is 0 Å². The molecule has 1 atom stereocenters. The Labute approximate surface area is 153 Å². The lowest BCUT2D eigenvalue weighted by Gasteiger charge is -2.12. The van der Waals surface area contributed by atoms with Gasteiger partial charge in [0.25, 0.3) is 11.1 Å². The topological polar surface area (TPSA) is 77.9 Å². The lowest BCUT2D eigenvalue weighted by Crippen LogP contribution is -2.28. The number of nitrogens with zero attached hydrogens (tertiary/aromatic N) is 2. The second-order valence-electron chi connectivity index (χ2n) is 5.99. The molecule has 0 aliphatic carbocycles. The van der Waals surface area contributed by atoms with Crippen molar-refractivity contribution in [2.75, 3.05) is 16.8 Å². The van der Waals surface area contributed by atoms with E-state index in [2.05, 4.69) is 0 Å². The van der Waals surface area contributed by atoms with E-state index in [0.717, 1.165) is 27.9 Å². The van der Waals surface area contributed by atoms with Crippen LogP contribution in [-0.4, -0.2) is 29.2 Å². The highest BCUT2D eigenvalue weighted by Gasteiger charge is 2.40. The monoisotopic (exact) mass is 366 g/mol. The number of amides is 3. The van der Waals surface area contributed by atoms with E-state index >= 15 is 0 Å². The van der Waals surface area contributed by atoms with Gasteiger partial charge in [-0.2, -0.15) is 0 Å². The van der Waals surface area contributed by atoms with Gasteiger partial charge in [0.15, 0.2) is 0 Å². The molecule has 3 amide bonds. The summed E-state index contributed by atoms with van der Waals surface area (Å²) < 4.78 is 0. The van der Waals surface area contributed by atoms with Gasteiger partial charge in [-0.05, 0) is 41.6 Å². The summed E-state index contributed by atoms with van der Waals surface area (Å²) in [7, 11) is 1.69. The molecule has 0 bridgehead atoms. The van der Waals surface area contributed by atoms with Gasteiger partial charge in [0.1, 0.15) is 5.75 Å². The third-order valence-electron chi connectivity index (χ3n) is 4.43. The molecule has 0 saturated carbocycles. The van der Waals surface area contributed by atoms with Crippen LogP contribution in [0.15, 0.2) is 59.5 Å². The summed E-state index contributed by atoms with van der Waals surface area (Å²) in [6.45, 7) is 0. The second-order valence-corrected chi connectivity index (χ2v) is 6.99. The molecule has 6 nitrogen and oxygen atoms in total. The summed E-state index contributed by atoms with van der Waals surface area (Å²) in [5, 5.41) is 9.13. The molecule has 2 heterocycles. The molecule has 26 heavy (non-hydrogen) atoms. The minimum Gasteiger partial charge on any atom is -0.508 e. The normalized spacial score (nSPS) is 21.0. The van der Waals surface area contributed by atoms with Gasteiger partial charge in [0.2, 0.25) is 5.91 Å². The van der Waals surface area contributed by atoms with E-state index < -0.39 is 17.1 Å². The zero-order valence-electron chi connectivity index (χ0n) is 13.7. The molecule has 1 saturated heterocycles. The average molecular weight is 366 g/mol. The summed E-state index contributed by atoms with van der Waals surface area (Å²) in [5.74, 6) is -1.27. The molecule has 1 fully saturated rings. The summed E-state index contributed by atoms with van der Waals surface area (Å²) in [6, 6.07) is 13.3. The van der Waals surface area contributed by atoms with Gasteiger partial charge in [0, 0.05) is 18.8 Å². The maximum Gasteiger partial charge on any atom is 0.298 e. The minimum atomic E-state index is -0.598. The maximum atomic E-state index is 12.7. The highest BCUT2D eigenvalue weighted by molar-refractivity contribution is 8.18. The number of para-hydroxylation sites is 1. The molecule has 0 unspecified atom stereocenters. The van der Waals surface area contributed by atoms with Crippen molar-refractivity contribution in [1.29, 1.82) is 0 Å². The van der Waals surface area contributed by atoms with Gasteiger partial charge in [-0.15, -0.1) is 0 Å². The summed E-state index contributed by atoms with van der Waals surface area (Å²) in [6.07, 6.45) is 1.55. The third kappa shape index (κ3) is 2.48. The number of anilines is 2. The van der Waals surface area contributed by atoms with Gasteiger partial charge >= 0.3 is 0 Å². The van der Waals surface area contributed by atoms with Crippen LogP contribution in [-0.2, 0) is 9.59 Å². The lowest BCUT2D eigenvalue weighted by atomic mass is 10.00. The number of hydrogen-bond acceptors (Lipinski definition) is 5. The molecule has 2 aliphatic rings. The second kappa shape index (κ2) is 6.03. The Hall–Kier alpha value is -3.06. The number of carbonyl (C=O) groups excluding carboxylic acids is 3. The Kier molecular flexibility index (Phi) is 3.81. The number of aromatic hydroxyl groups is 1. The number of rotatable bonds is 2. The summed E-state index contributed by atoms with van der Waals surface area (Å²) >= 11 is 0.793. The van der Waals surface area contributed by atoms with E-state index in [1.54, 1.807) is 30.2 Å². The zero-order chi connectivity index (χ0) is 18.4. The minimum absolute atomic E-state index is 0.0351. The first kappa shape index (κ1) is 16.4. The number of likely N-dealkylation sites (N-methyl/N-ethyl adjacent to an activating group) is 1. The lowest BCUT2D eigenvalue weighted by molar-refractivity contribution is -0.118. The van der Waals surface area contributed by atoms with Crippen LogP contribution in [0.2, 0.25) is 0 Å². The van der Waals surface area contributed by atoms with Crippen molar-refractivity contribution in [2.24, 2.45) is 0 Å². The van der Waals surface area contributed by atoms with Crippen molar-refractivity contribution in [2.45, 2.75) is 5.92 Å².